The maximum atomic E-state index is 12.4. The van der Waals surface area contributed by atoms with E-state index in [1.54, 1.807) is 18.9 Å². The number of ketones is 1. The number of Topliss-reactive ketones (excluding diaryl/α,β-unsaturated/α-hetero) is 1. The van der Waals surface area contributed by atoms with Crippen molar-refractivity contribution in [3.05, 3.63) is 93.0 Å². The van der Waals surface area contributed by atoms with Crippen LogP contribution in [0.4, 0.5) is 0 Å². The summed E-state index contributed by atoms with van der Waals surface area (Å²) < 4.78 is 0. The Morgan fingerprint density at radius 3 is 2.34 bits per heavy atom. The number of hydrogen-bond acceptors (Lipinski definition) is 3. The van der Waals surface area contributed by atoms with Gasteiger partial charge in [0.15, 0.2) is 0 Å². The Morgan fingerprint density at radius 1 is 0.971 bits per heavy atom. The van der Waals surface area contributed by atoms with Crippen LogP contribution in [0.3, 0.4) is 0 Å². The molecule has 5 atom stereocenters. The van der Waals surface area contributed by atoms with E-state index >= 15 is 0 Å². The number of aliphatic hydroxyl groups is 1. The van der Waals surface area contributed by atoms with Crippen molar-refractivity contribution >= 4 is 5.78 Å². The molecule has 0 heterocycles. The molecule has 2 N–H and O–H groups in total. The number of rotatable bonds is 1. The number of carbonyl (C=O) groups is 1. The summed E-state index contributed by atoms with van der Waals surface area (Å²) in [6, 6.07) is 5.83. The first-order valence-corrected chi connectivity index (χ1v) is 12.4. The molecule has 0 aliphatic heterocycles. The zero-order valence-corrected chi connectivity index (χ0v) is 21.2. The summed E-state index contributed by atoms with van der Waals surface area (Å²) in [4.78, 5) is 12.4. The van der Waals surface area contributed by atoms with Crippen molar-refractivity contribution in [1.29, 1.82) is 0 Å². The van der Waals surface area contributed by atoms with E-state index in [1.807, 2.05) is 51.0 Å². The third-order valence-electron chi connectivity index (χ3n) is 8.72. The summed E-state index contributed by atoms with van der Waals surface area (Å²) >= 11 is 0. The molecule has 1 aromatic carbocycles. The fourth-order valence-corrected chi connectivity index (χ4v) is 6.87. The van der Waals surface area contributed by atoms with E-state index in [-0.39, 0.29) is 28.3 Å². The summed E-state index contributed by atoms with van der Waals surface area (Å²) in [7, 11) is 0. The minimum absolute atomic E-state index is 0. The van der Waals surface area contributed by atoms with Crippen LogP contribution in [0.25, 0.3) is 0 Å². The molecule has 5 aliphatic rings. The fourth-order valence-electron chi connectivity index (χ4n) is 6.87. The molecule has 0 aromatic heterocycles. The molecule has 0 unspecified atom stereocenters. The average Bonchev–Trinajstić information content (AvgIpc) is 3.61. The number of aromatic hydroxyl groups is 1. The van der Waals surface area contributed by atoms with Gasteiger partial charge in [-0.1, -0.05) is 18.9 Å². The molecule has 3 nitrogen and oxygen atoms in total. The van der Waals surface area contributed by atoms with Crippen molar-refractivity contribution in [2.75, 3.05) is 0 Å². The van der Waals surface area contributed by atoms with Gasteiger partial charge in [0.05, 0.1) is 5.92 Å². The minimum atomic E-state index is -1.10. The molecule has 0 amide bonds. The molecule has 1 aromatic rings. The molecule has 6 rings (SSSR count). The van der Waals surface area contributed by atoms with Crippen LogP contribution in [-0.2, 0) is 28.3 Å². The number of hydrogen-bond donors (Lipinski definition) is 2. The van der Waals surface area contributed by atoms with E-state index in [9.17, 15) is 15.0 Å². The summed E-state index contributed by atoms with van der Waals surface area (Å²) in [5, 5.41) is 21.4. The molecule has 0 bridgehead atoms. The fraction of sp³-hybridized carbons (Fsp3) is 0.387. The van der Waals surface area contributed by atoms with Crippen molar-refractivity contribution in [2.24, 2.45) is 17.3 Å². The first kappa shape index (κ1) is 26.8. The van der Waals surface area contributed by atoms with Crippen molar-refractivity contribution in [3.63, 3.8) is 0 Å². The van der Waals surface area contributed by atoms with Crippen LogP contribution < -0.4 is 0 Å². The second-order valence-corrected chi connectivity index (χ2v) is 10.4. The van der Waals surface area contributed by atoms with Gasteiger partial charge in [0, 0.05) is 5.41 Å². The van der Waals surface area contributed by atoms with Gasteiger partial charge in [-0.3, -0.25) is 4.79 Å². The Kier molecular flexibility index (Phi) is 8.42. The van der Waals surface area contributed by atoms with Gasteiger partial charge in [-0.15, -0.1) is 0 Å². The summed E-state index contributed by atoms with van der Waals surface area (Å²) in [5.41, 5.74) is 1.29. The molecular weight excluding hydrogens is 476 g/mol. The van der Waals surface area contributed by atoms with Crippen LogP contribution in [0.2, 0.25) is 0 Å². The number of aryl methyl sites for hydroxylation is 1. The maximum absolute atomic E-state index is 12.4. The van der Waals surface area contributed by atoms with Crippen molar-refractivity contribution in [2.45, 2.75) is 57.0 Å². The predicted molar refractivity (Wildman–Crippen MR) is 132 cm³/mol. The first-order chi connectivity index (χ1) is 16.4. The van der Waals surface area contributed by atoms with Crippen molar-refractivity contribution in [1.82, 2.24) is 0 Å². The van der Waals surface area contributed by atoms with E-state index in [2.05, 4.69) is 24.8 Å². The van der Waals surface area contributed by atoms with Gasteiger partial charge in [0.25, 0.3) is 0 Å². The SMILES string of the molecule is C[C@]12CC[C@@H]3c4ccc(O)cc4CC[C@H]3[C@@H]1CC[C@@]2(O)C#CC(=O)[C]1[CH][CH][CH][CH]1.[CH]1[CH][CH][CH][CH]1.[Fe+2]. The topological polar surface area (TPSA) is 57.5 Å². The van der Waals surface area contributed by atoms with Crippen LogP contribution >= 0.6 is 0 Å². The summed E-state index contributed by atoms with van der Waals surface area (Å²) in [6.45, 7) is 2.19. The van der Waals surface area contributed by atoms with Gasteiger partial charge in [0.1, 0.15) is 11.4 Å². The second-order valence-electron chi connectivity index (χ2n) is 10.4. The Bertz CT molecular complexity index is 960. The summed E-state index contributed by atoms with van der Waals surface area (Å²) in [6.07, 6.45) is 22.8. The third kappa shape index (κ3) is 5.12. The standard InChI is InChI=1S/C26H27O3.C5H5.Fe/c1-25-13-10-21-20-9-7-19(27)16-18(20)6-8-22(21)23(25)11-14-26(25,29)15-12-24(28)17-4-2-3-5-17;1-2-4-5-3-1;/h2-5,7,9,16,21-23,27,29H,6,8,10-11,13-14H2,1H3;1-5H;/q;;+2/t21-,22-,23+,25+,26-;;/m1../s1. The number of benzene rings is 1. The van der Waals surface area contributed by atoms with Gasteiger partial charge in [-0.25, -0.2) is 0 Å². The van der Waals surface area contributed by atoms with Crippen LogP contribution in [0, 0.1) is 92.8 Å². The molecule has 10 radical (unpaired) electrons. The van der Waals surface area contributed by atoms with Gasteiger partial charge in [-0.05, 0) is 143 Å². The van der Waals surface area contributed by atoms with E-state index in [1.165, 1.54) is 11.1 Å². The van der Waals surface area contributed by atoms with Gasteiger partial charge < -0.3 is 10.2 Å². The van der Waals surface area contributed by atoms with Gasteiger partial charge in [0.2, 0.25) is 5.78 Å². The molecule has 4 heteroatoms. The minimum Gasteiger partial charge on any atom is -0.508 e. The largest absolute Gasteiger partial charge is 2.00 e. The monoisotopic (exact) mass is 508 g/mol. The Morgan fingerprint density at radius 2 is 1.66 bits per heavy atom. The van der Waals surface area contributed by atoms with E-state index < -0.39 is 5.60 Å². The van der Waals surface area contributed by atoms with E-state index in [0.29, 0.717) is 35.8 Å². The zero-order valence-electron chi connectivity index (χ0n) is 20.1. The Balaban J connectivity index is 0.000000431. The van der Waals surface area contributed by atoms with Crippen LogP contribution in [-0.4, -0.2) is 21.6 Å². The first-order valence-electron chi connectivity index (χ1n) is 12.4. The number of fused-ring (bicyclic) bond motifs is 5. The summed E-state index contributed by atoms with van der Waals surface area (Å²) in [5.74, 6) is 7.96. The van der Waals surface area contributed by atoms with Crippen molar-refractivity contribution < 1.29 is 32.1 Å². The second kappa shape index (κ2) is 11.0. The molecule has 0 saturated heterocycles. The van der Waals surface area contributed by atoms with Crippen molar-refractivity contribution in [3.8, 4) is 17.6 Å². The average molecular weight is 508 g/mol. The molecule has 180 valence electrons. The predicted octanol–water partition coefficient (Wildman–Crippen LogP) is 4.98. The smallest absolute Gasteiger partial charge is 0.508 e. The number of phenols is 1. The Hall–Kier alpha value is -1.27. The maximum Gasteiger partial charge on any atom is 2.00 e. The molecular formula is C31H32FeO3+2. The van der Waals surface area contributed by atoms with Gasteiger partial charge >= 0.3 is 17.1 Å². The van der Waals surface area contributed by atoms with E-state index in [4.69, 9.17) is 0 Å². The molecule has 0 spiro atoms. The van der Waals surface area contributed by atoms with Crippen LogP contribution in [0.1, 0.15) is 56.1 Å². The zero-order chi connectivity index (χ0) is 23.8. The number of carbonyl (C=O) groups excluding carboxylic acids is 1. The third-order valence-corrected chi connectivity index (χ3v) is 8.72. The molecule has 35 heavy (non-hydrogen) atoms. The van der Waals surface area contributed by atoms with Gasteiger partial charge in [-0.2, -0.15) is 0 Å². The number of phenolic OH excluding ortho intramolecular Hbond substituents is 1. The molecule has 5 aliphatic carbocycles. The quantitative estimate of drug-likeness (QED) is 0.320. The molecule has 4 saturated carbocycles. The van der Waals surface area contributed by atoms with Crippen LogP contribution in [0.15, 0.2) is 18.2 Å². The Labute approximate surface area is 222 Å². The van der Waals surface area contributed by atoms with Crippen LogP contribution in [0.5, 0.6) is 5.75 Å². The normalized spacial score (nSPS) is 35.3. The van der Waals surface area contributed by atoms with E-state index in [0.717, 1.165) is 32.1 Å². The molecule has 4 fully saturated rings.